The highest BCUT2D eigenvalue weighted by Gasteiger charge is 2.05. The standard InChI is InChI=1S/C20H23N3O3S/c1-3-25-11-12-26-18-10-9-17(13-19(18)24-2)14-22-23-20(21)27-15-16-7-5-4-6-8-16/h3-10,13-14H,1,11-12,15H2,2H3,(H2,21,23). The molecule has 0 saturated heterocycles. The number of hydrogen-bond acceptors (Lipinski definition) is 6. The van der Waals surface area contributed by atoms with Gasteiger partial charge in [0.05, 0.1) is 19.6 Å². The van der Waals surface area contributed by atoms with E-state index in [0.717, 1.165) is 11.3 Å². The van der Waals surface area contributed by atoms with Crippen molar-refractivity contribution in [2.24, 2.45) is 15.9 Å². The Bertz CT molecular complexity index is 779. The molecule has 0 fully saturated rings. The van der Waals surface area contributed by atoms with Gasteiger partial charge in [0.1, 0.15) is 13.2 Å². The maximum Gasteiger partial charge on any atom is 0.180 e. The predicted molar refractivity (Wildman–Crippen MR) is 112 cm³/mol. The van der Waals surface area contributed by atoms with Crippen LogP contribution in [0.1, 0.15) is 11.1 Å². The molecular formula is C20H23N3O3S. The lowest BCUT2D eigenvalue weighted by Gasteiger charge is -2.10. The predicted octanol–water partition coefficient (Wildman–Crippen LogP) is 3.82. The van der Waals surface area contributed by atoms with Crippen LogP contribution in [-0.2, 0) is 10.5 Å². The van der Waals surface area contributed by atoms with E-state index in [1.165, 1.54) is 23.6 Å². The number of methoxy groups -OCH3 is 1. The van der Waals surface area contributed by atoms with Crippen LogP contribution in [-0.4, -0.2) is 31.7 Å². The van der Waals surface area contributed by atoms with Gasteiger partial charge in [0.25, 0.3) is 0 Å². The third-order valence-corrected chi connectivity index (χ3v) is 4.21. The topological polar surface area (TPSA) is 78.4 Å². The average Bonchev–Trinajstić information content (AvgIpc) is 2.71. The van der Waals surface area contributed by atoms with Crippen molar-refractivity contribution in [2.45, 2.75) is 5.75 Å². The summed E-state index contributed by atoms with van der Waals surface area (Å²) in [5.74, 6) is 1.98. The zero-order valence-corrected chi connectivity index (χ0v) is 16.0. The molecule has 0 spiro atoms. The number of amidine groups is 1. The minimum atomic E-state index is 0.398. The van der Waals surface area contributed by atoms with Gasteiger partial charge in [0.15, 0.2) is 16.7 Å². The summed E-state index contributed by atoms with van der Waals surface area (Å²) < 4.78 is 16.0. The molecular weight excluding hydrogens is 362 g/mol. The molecule has 6 nitrogen and oxygen atoms in total. The van der Waals surface area contributed by atoms with Crippen LogP contribution in [0.2, 0.25) is 0 Å². The van der Waals surface area contributed by atoms with Gasteiger partial charge < -0.3 is 19.9 Å². The second-order valence-corrected chi connectivity index (χ2v) is 6.25. The van der Waals surface area contributed by atoms with E-state index in [9.17, 15) is 0 Å². The zero-order valence-electron chi connectivity index (χ0n) is 15.2. The molecule has 0 aliphatic carbocycles. The summed E-state index contributed by atoms with van der Waals surface area (Å²) in [6, 6.07) is 15.5. The fraction of sp³-hybridized carbons (Fsp3) is 0.200. The van der Waals surface area contributed by atoms with E-state index in [1.54, 1.807) is 13.3 Å². The minimum absolute atomic E-state index is 0.398. The molecule has 0 heterocycles. The largest absolute Gasteiger partial charge is 0.498 e. The van der Waals surface area contributed by atoms with Gasteiger partial charge in [-0.2, -0.15) is 5.10 Å². The van der Waals surface area contributed by atoms with Gasteiger partial charge in [-0.25, -0.2) is 0 Å². The van der Waals surface area contributed by atoms with Crippen LogP contribution < -0.4 is 15.2 Å². The van der Waals surface area contributed by atoms with E-state index >= 15 is 0 Å². The van der Waals surface area contributed by atoms with Crippen LogP contribution in [0.4, 0.5) is 0 Å². The number of rotatable bonds is 10. The Morgan fingerprint density at radius 2 is 1.96 bits per heavy atom. The van der Waals surface area contributed by atoms with E-state index in [1.807, 2.05) is 48.5 Å². The van der Waals surface area contributed by atoms with E-state index in [2.05, 4.69) is 16.8 Å². The smallest absolute Gasteiger partial charge is 0.180 e. The van der Waals surface area contributed by atoms with Crippen molar-refractivity contribution in [1.82, 2.24) is 0 Å². The van der Waals surface area contributed by atoms with Crippen LogP contribution in [0.5, 0.6) is 11.5 Å². The zero-order chi connectivity index (χ0) is 19.3. The number of thioether (sulfide) groups is 1. The van der Waals surface area contributed by atoms with Gasteiger partial charge in [-0.15, -0.1) is 5.10 Å². The highest BCUT2D eigenvalue weighted by atomic mass is 32.2. The lowest BCUT2D eigenvalue weighted by Crippen LogP contribution is -2.06. The molecule has 0 bridgehead atoms. The second-order valence-electron chi connectivity index (χ2n) is 5.25. The van der Waals surface area contributed by atoms with Crippen molar-refractivity contribution >= 4 is 23.1 Å². The summed E-state index contributed by atoms with van der Waals surface area (Å²) in [5, 5.41) is 8.45. The molecule has 2 aromatic carbocycles. The molecule has 2 N–H and O–H groups in total. The van der Waals surface area contributed by atoms with Crippen molar-refractivity contribution in [3.8, 4) is 11.5 Å². The summed E-state index contributed by atoms with van der Waals surface area (Å²) in [6.45, 7) is 4.30. The first-order valence-electron chi connectivity index (χ1n) is 8.29. The van der Waals surface area contributed by atoms with Gasteiger partial charge in [-0.05, 0) is 29.3 Å². The molecule has 0 aliphatic heterocycles. The lowest BCUT2D eigenvalue weighted by atomic mass is 10.2. The van der Waals surface area contributed by atoms with Gasteiger partial charge in [-0.1, -0.05) is 48.7 Å². The number of benzene rings is 2. The molecule has 0 aromatic heterocycles. The molecule has 0 atom stereocenters. The fourth-order valence-corrected chi connectivity index (χ4v) is 2.69. The number of nitrogens with two attached hydrogens (primary N) is 1. The van der Waals surface area contributed by atoms with Gasteiger partial charge in [-0.3, -0.25) is 0 Å². The molecule has 142 valence electrons. The Morgan fingerprint density at radius 3 is 2.70 bits per heavy atom. The van der Waals surface area contributed by atoms with Gasteiger partial charge in [0, 0.05) is 5.75 Å². The van der Waals surface area contributed by atoms with E-state index in [-0.39, 0.29) is 0 Å². The first-order valence-corrected chi connectivity index (χ1v) is 9.28. The highest BCUT2D eigenvalue weighted by molar-refractivity contribution is 8.13. The molecule has 2 rings (SSSR count). The normalized spacial score (nSPS) is 11.4. The van der Waals surface area contributed by atoms with Crippen LogP contribution in [0.3, 0.4) is 0 Å². The van der Waals surface area contributed by atoms with Gasteiger partial charge >= 0.3 is 0 Å². The Morgan fingerprint density at radius 1 is 1.15 bits per heavy atom. The third kappa shape index (κ3) is 7.45. The Balaban J connectivity index is 1.90. The van der Waals surface area contributed by atoms with E-state index < -0.39 is 0 Å². The second kappa shape index (κ2) is 11.6. The lowest BCUT2D eigenvalue weighted by molar-refractivity contribution is 0.176. The maximum absolute atomic E-state index is 5.88. The van der Waals surface area contributed by atoms with Crippen LogP contribution in [0, 0.1) is 0 Å². The summed E-state index contributed by atoms with van der Waals surface area (Å²) in [5.41, 5.74) is 7.89. The first kappa shape index (κ1) is 20.4. The fourth-order valence-electron chi connectivity index (χ4n) is 2.08. The molecule has 0 unspecified atom stereocenters. The van der Waals surface area contributed by atoms with Crippen molar-refractivity contribution in [3.63, 3.8) is 0 Å². The summed E-state index contributed by atoms with van der Waals surface area (Å²) >= 11 is 1.44. The van der Waals surface area contributed by atoms with E-state index in [0.29, 0.717) is 29.9 Å². The SMILES string of the molecule is C=COCCOc1ccc(C=NN=C(N)SCc2ccccc2)cc1OC. The monoisotopic (exact) mass is 385 g/mol. The summed E-state index contributed by atoms with van der Waals surface area (Å²) in [6.07, 6.45) is 2.99. The van der Waals surface area contributed by atoms with Crippen LogP contribution in [0.15, 0.2) is 71.6 Å². The van der Waals surface area contributed by atoms with E-state index in [4.69, 9.17) is 19.9 Å². The molecule has 0 aliphatic rings. The van der Waals surface area contributed by atoms with Crippen LogP contribution in [0.25, 0.3) is 0 Å². The molecule has 2 aromatic rings. The average molecular weight is 385 g/mol. The van der Waals surface area contributed by atoms with Crippen molar-refractivity contribution < 1.29 is 14.2 Å². The van der Waals surface area contributed by atoms with Crippen molar-refractivity contribution in [1.29, 1.82) is 0 Å². The number of hydrogen-bond donors (Lipinski definition) is 1. The summed E-state index contributed by atoms with van der Waals surface area (Å²) in [7, 11) is 1.58. The molecule has 0 saturated carbocycles. The molecule has 0 amide bonds. The molecule has 27 heavy (non-hydrogen) atoms. The summed E-state index contributed by atoms with van der Waals surface area (Å²) in [4.78, 5) is 0. The van der Waals surface area contributed by atoms with Crippen LogP contribution >= 0.6 is 11.8 Å². The quantitative estimate of drug-likeness (QED) is 0.221. The van der Waals surface area contributed by atoms with Gasteiger partial charge in [0.2, 0.25) is 0 Å². The first-order chi connectivity index (χ1) is 13.2. The van der Waals surface area contributed by atoms with Crippen molar-refractivity contribution in [2.75, 3.05) is 20.3 Å². The maximum atomic E-state index is 5.88. The Kier molecular flexibility index (Phi) is 8.79. The highest BCUT2D eigenvalue weighted by Crippen LogP contribution is 2.27. The number of nitrogens with zero attached hydrogens (tertiary/aromatic N) is 2. The minimum Gasteiger partial charge on any atom is -0.498 e. The number of ether oxygens (including phenoxy) is 3. The Hall–Kier alpha value is -2.93. The Labute approximate surface area is 163 Å². The van der Waals surface area contributed by atoms with Crippen molar-refractivity contribution in [3.05, 3.63) is 72.5 Å². The third-order valence-electron chi connectivity index (χ3n) is 3.36. The molecule has 0 radical (unpaired) electrons. The molecule has 7 heteroatoms.